The zero-order valence-electron chi connectivity index (χ0n) is 12.6. The molecular weight excluding hydrogens is 328 g/mol. The molecule has 0 aliphatic heterocycles. The molecule has 7 heteroatoms. The lowest BCUT2D eigenvalue weighted by Crippen LogP contribution is -2.10. The SMILES string of the molecule is COc1cccc2cc(-c3csc(NC(=O)c4ccco4)n3)oc12. The molecule has 120 valence electrons. The van der Waals surface area contributed by atoms with E-state index in [2.05, 4.69) is 10.3 Å². The number of methoxy groups -OCH3 is 1. The second kappa shape index (κ2) is 5.86. The fourth-order valence-electron chi connectivity index (χ4n) is 2.33. The molecule has 3 aromatic heterocycles. The summed E-state index contributed by atoms with van der Waals surface area (Å²) >= 11 is 1.31. The summed E-state index contributed by atoms with van der Waals surface area (Å²) in [6, 6.07) is 10.8. The van der Waals surface area contributed by atoms with E-state index >= 15 is 0 Å². The van der Waals surface area contributed by atoms with Crippen molar-refractivity contribution in [2.24, 2.45) is 0 Å². The smallest absolute Gasteiger partial charge is 0.293 e. The van der Waals surface area contributed by atoms with Gasteiger partial charge in [0.25, 0.3) is 5.91 Å². The number of carbonyl (C=O) groups is 1. The van der Waals surface area contributed by atoms with Gasteiger partial charge in [-0.1, -0.05) is 12.1 Å². The van der Waals surface area contributed by atoms with E-state index in [0.717, 1.165) is 5.39 Å². The maximum Gasteiger partial charge on any atom is 0.293 e. The van der Waals surface area contributed by atoms with Crippen LogP contribution in [0, 0.1) is 0 Å². The Balaban J connectivity index is 1.62. The molecule has 0 aliphatic carbocycles. The molecule has 0 radical (unpaired) electrons. The second-order valence-electron chi connectivity index (χ2n) is 4.96. The number of carbonyl (C=O) groups excluding carboxylic acids is 1. The van der Waals surface area contributed by atoms with E-state index in [1.807, 2.05) is 29.6 Å². The Kier molecular flexibility index (Phi) is 3.55. The average molecular weight is 340 g/mol. The number of fused-ring (bicyclic) bond motifs is 1. The molecule has 1 aromatic carbocycles. The van der Waals surface area contributed by atoms with Gasteiger partial charge in [-0.05, 0) is 24.3 Å². The highest BCUT2D eigenvalue weighted by molar-refractivity contribution is 7.14. The summed E-state index contributed by atoms with van der Waals surface area (Å²) < 4.78 is 16.2. The van der Waals surface area contributed by atoms with Crippen LogP contribution in [-0.4, -0.2) is 18.0 Å². The first-order valence-corrected chi connectivity index (χ1v) is 8.00. The molecule has 0 unspecified atom stereocenters. The van der Waals surface area contributed by atoms with E-state index in [9.17, 15) is 4.79 Å². The number of nitrogens with one attached hydrogen (secondary N) is 1. The number of aromatic nitrogens is 1. The molecule has 0 atom stereocenters. The standard InChI is InChI=1S/C17H12N2O4S/c1-21-12-5-2-4-10-8-14(23-15(10)12)11-9-24-17(18-11)19-16(20)13-6-3-7-22-13/h2-9H,1H3,(H,18,19,20). The number of hydrogen-bond donors (Lipinski definition) is 1. The van der Waals surface area contributed by atoms with Crippen molar-refractivity contribution in [3.63, 3.8) is 0 Å². The number of ether oxygens (including phenoxy) is 1. The molecule has 6 nitrogen and oxygen atoms in total. The largest absolute Gasteiger partial charge is 0.493 e. The molecule has 4 rings (SSSR count). The van der Waals surface area contributed by atoms with Crippen LogP contribution in [0.4, 0.5) is 5.13 Å². The van der Waals surface area contributed by atoms with Gasteiger partial charge >= 0.3 is 0 Å². The molecule has 24 heavy (non-hydrogen) atoms. The number of benzene rings is 1. The van der Waals surface area contributed by atoms with Crippen molar-refractivity contribution >= 4 is 33.3 Å². The van der Waals surface area contributed by atoms with Crippen LogP contribution >= 0.6 is 11.3 Å². The third kappa shape index (κ3) is 2.55. The van der Waals surface area contributed by atoms with Crippen LogP contribution in [0.1, 0.15) is 10.6 Å². The van der Waals surface area contributed by atoms with E-state index in [0.29, 0.717) is 27.9 Å². The van der Waals surface area contributed by atoms with Gasteiger partial charge < -0.3 is 13.6 Å². The normalized spacial score (nSPS) is 10.9. The van der Waals surface area contributed by atoms with Crippen molar-refractivity contribution in [3.05, 3.63) is 53.8 Å². The van der Waals surface area contributed by atoms with Gasteiger partial charge in [0.1, 0.15) is 5.69 Å². The van der Waals surface area contributed by atoms with Gasteiger partial charge in [-0.3, -0.25) is 10.1 Å². The van der Waals surface area contributed by atoms with E-state index < -0.39 is 0 Å². The number of amides is 1. The van der Waals surface area contributed by atoms with E-state index in [4.69, 9.17) is 13.6 Å². The van der Waals surface area contributed by atoms with Crippen molar-refractivity contribution < 1.29 is 18.4 Å². The zero-order chi connectivity index (χ0) is 16.5. The molecule has 0 saturated carbocycles. The van der Waals surface area contributed by atoms with E-state index in [1.54, 1.807) is 19.2 Å². The highest BCUT2D eigenvalue weighted by atomic mass is 32.1. The minimum absolute atomic E-state index is 0.236. The number of anilines is 1. The van der Waals surface area contributed by atoms with Crippen LogP contribution in [0.25, 0.3) is 22.4 Å². The molecule has 0 spiro atoms. The molecule has 3 heterocycles. The van der Waals surface area contributed by atoms with E-state index in [1.165, 1.54) is 17.6 Å². The fraction of sp³-hybridized carbons (Fsp3) is 0.0588. The fourth-order valence-corrected chi connectivity index (χ4v) is 3.03. The number of thiazole rings is 1. The highest BCUT2D eigenvalue weighted by Gasteiger charge is 2.15. The van der Waals surface area contributed by atoms with Crippen molar-refractivity contribution in [3.8, 4) is 17.2 Å². The Morgan fingerprint density at radius 1 is 1.29 bits per heavy atom. The summed E-state index contributed by atoms with van der Waals surface area (Å²) in [7, 11) is 1.60. The van der Waals surface area contributed by atoms with Gasteiger partial charge in [0, 0.05) is 10.8 Å². The summed E-state index contributed by atoms with van der Waals surface area (Å²) in [4.78, 5) is 16.4. The first-order chi connectivity index (χ1) is 11.7. The average Bonchev–Trinajstić information content (AvgIpc) is 3.33. The maximum absolute atomic E-state index is 12.0. The van der Waals surface area contributed by atoms with Crippen LogP contribution in [-0.2, 0) is 0 Å². The third-order valence-corrected chi connectivity index (χ3v) is 4.21. The monoisotopic (exact) mass is 340 g/mol. The van der Waals surface area contributed by atoms with Crippen molar-refractivity contribution in [1.29, 1.82) is 0 Å². The topological polar surface area (TPSA) is 77.5 Å². The summed E-state index contributed by atoms with van der Waals surface area (Å²) in [6.07, 6.45) is 1.45. The van der Waals surface area contributed by atoms with Gasteiger partial charge in [-0.2, -0.15) is 0 Å². The summed E-state index contributed by atoms with van der Waals surface area (Å²) in [5, 5.41) is 5.92. The molecule has 0 aliphatic rings. The predicted molar refractivity (Wildman–Crippen MR) is 90.5 cm³/mol. The van der Waals surface area contributed by atoms with Crippen LogP contribution < -0.4 is 10.1 Å². The second-order valence-corrected chi connectivity index (χ2v) is 5.82. The van der Waals surface area contributed by atoms with Gasteiger partial charge in [-0.15, -0.1) is 11.3 Å². The lowest BCUT2D eigenvalue weighted by molar-refractivity contribution is 0.0996. The number of para-hydroxylation sites is 1. The highest BCUT2D eigenvalue weighted by Crippen LogP contribution is 2.34. The van der Waals surface area contributed by atoms with Gasteiger partial charge in [-0.25, -0.2) is 4.98 Å². The Bertz CT molecular complexity index is 1000. The summed E-state index contributed by atoms with van der Waals surface area (Å²) in [6.45, 7) is 0. The van der Waals surface area contributed by atoms with Gasteiger partial charge in [0.15, 0.2) is 28.0 Å². The van der Waals surface area contributed by atoms with Crippen LogP contribution in [0.5, 0.6) is 5.75 Å². The quantitative estimate of drug-likeness (QED) is 0.595. The number of rotatable bonds is 4. The minimum Gasteiger partial charge on any atom is -0.493 e. The molecule has 0 saturated heterocycles. The first-order valence-electron chi connectivity index (χ1n) is 7.12. The zero-order valence-corrected chi connectivity index (χ0v) is 13.4. The Hall–Kier alpha value is -3.06. The minimum atomic E-state index is -0.341. The number of nitrogens with zero attached hydrogens (tertiary/aromatic N) is 1. The molecule has 0 bridgehead atoms. The molecule has 4 aromatic rings. The number of furan rings is 2. The Labute approximate surface area is 140 Å². The number of hydrogen-bond acceptors (Lipinski definition) is 6. The lowest BCUT2D eigenvalue weighted by atomic mass is 10.2. The van der Waals surface area contributed by atoms with Crippen molar-refractivity contribution in [1.82, 2.24) is 4.98 Å². The summed E-state index contributed by atoms with van der Waals surface area (Å²) in [5.74, 6) is 1.18. The van der Waals surface area contributed by atoms with Crippen LogP contribution in [0.15, 0.2) is 56.9 Å². The first kappa shape index (κ1) is 14.5. The molecule has 0 fully saturated rings. The molecule has 1 amide bonds. The van der Waals surface area contributed by atoms with Crippen LogP contribution in [0.2, 0.25) is 0 Å². The third-order valence-electron chi connectivity index (χ3n) is 3.45. The maximum atomic E-state index is 12.0. The van der Waals surface area contributed by atoms with Gasteiger partial charge in [0.05, 0.1) is 13.4 Å². The van der Waals surface area contributed by atoms with Crippen molar-refractivity contribution in [2.45, 2.75) is 0 Å². The molecule has 1 N–H and O–H groups in total. The predicted octanol–water partition coefficient (Wildman–Crippen LogP) is 4.41. The Morgan fingerprint density at radius 2 is 2.21 bits per heavy atom. The Morgan fingerprint density at radius 3 is 3.00 bits per heavy atom. The lowest BCUT2D eigenvalue weighted by Gasteiger charge is -1.98. The summed E-state index contributed by atoms with van der Waals surface area (Å²) in [5.41, 5.74) is 1.32. The van der Waals surface area contributed by atoms with Crippen LogP contribution in [0.3, 0.4) is 0 Å². The van der Waals surface area contributed by atoms with E-state index in [-0.39, 0.29) is 11.7 Å². The van der Waals surface area contributed by atoms with Crippen molar-refractivity contribution in [2.75, 3.05) is 12.4 Å². The van der Waals surface area contributed by atoms with Gasteiger partial charge in [0.2, 0.25) is 0 Å². The molecular formula is C17H12N2O4S.